The molecule has 0 unspecified atom stereocenters. The standard InChI is InChI=1S/C13H16N2O3/c1-15(8-9-4-2-5-9)12(16)10-6-3-7-11(14-10)13(17)18/h3,6-7,9H,2,4-5,8H2,1H3,(H,17,18). The summed E-state index contributed by atoms with van der Waals surface area (Å²) >= 11 is 0. The van der Waals surface area contributed by atoms with Crippen LogP contribution >= 0.6 is 0 Å². The molecule has 0 spiro atoms. The molecule has 1 fully saturated rings. The van der Waals surface area contributed by atoms with Crippen LogP contribution in [0.4, 0.5) is 0 Å². The summed E-state index contributed by atoms with van der Waals surface area (Å²) in [6.07, 6.45) is 3.57. The lowest BCUT2D eigenvalue weighted by Gasteiger charge is -2.29. The predicted molar refractivity (Wildman–Crippen MR) is 65.5 cm³/mol. The quantitative estimate of drug-likeness (QED) is 0.879. The molecule has 0 aliphatic heterocycles. The molecule has 1 aromatic heterocycles. The van der Waals surface area contributed by atoms with Crippen LogP contribution in [0.1, 0.15) is 40.2 Å². The molecule has 0 bridgehead atoms. The predicted octanol–water partition coefficient (Wildman–Crippen LogP) is 1.65. The van der Waals surface area contributed by atoms with Crippen LogP contribution in [0.3, 0.4) is 0 Å². The van der Waals surface area contributed by atoms with Crippen LogP contribution in [-0.2, 0) is 0 Å². The maximum absolute atomic E-state index is 12.1. The Balaban J connectivity index is 2.07. The summed E-state index contributed by atoms with van der Waals surface area (Å²) in [5.74, 6) is -0.752. The first-order valence-electron chi connectivity index (χ1n) is 6.03. The van der Waals surface area contributed by atoms with Gasteiger partial charge in [-0.1, -0.05) is 12.5 Å². The van der Waals surface area contributed by atoms with Gasteiger partial charge in [-0.3, -0.25) is 4.79 Å². The van der Waals surface area contributed by atoms with Gasteiger partial charge in [0.25, 0.3) is 5.91 Å². The van der Waals surface area contributed by atoms with E-state index in [1.807, 2.05) is 0 Å². The van der Waals surface area contributed by atoms with Crippen LogP contribution in [-0.4, -0.2) is 40.5 Å². The second-order valence-corrected chi connectivity index (χ2v) is 4.70. The highest BCUT2D eigenvalue weighted by Crippen LogP contribution is 2.26. The van der Waals surface area contributed by atoms with Gasteiger partial charge in [-0.25, -0.2) is 9.78 Å². The summed E-state index contributed by atoms with van der Waals surface area (Å²) in [6, 6.07) is 4.47. The molecule has 18 heavy (non-hydrogen) atoms. The summed E-state index contributed by atoms with van der Waals surface area (Å²) in [7, 11) is 1.73. The molecule has 0 atom stereocenters. The van der Waals surface area contributed by atoms with Gasteiger partial charge in [-0.2, -0.15) is 0 Å². The van der Waals surface area contributed by atoms with E-state index >= 15 is 0 Å². The number of carbonyl (C=O) groups excluding carboxylic acids is 1. The van der Waals surface area contributed by atoms with Gasteiger partial charge in [-0.05, 0) is 30.9 Å². The van der Waals surface area contributed by atoms with E-state index in [1.54, 1.807) is 24.1 Å². The zero-order valence-electron chi connectivity index (χ0n) is 10.3. The van der Waals surface area contributed by atoms with Crippen molar-refractivity contribution in [2.75, 3.05) is 13.6 Å². The monoisotopic (exact) mass is 248 g/mol. The second-order valence-electron chi connectivity index (χ2n) is 4.70. The van der Waals surface area contributed by atoms with Crippen LogP contribution < -0.4 is 0 Å². The van der Waals surface area contributed by atoms with Crippen LogP contribution in [0.25, 0.3) is 0 Å². The number of hydrogen-bond acceptors (Lipinski definition) is 3. The molecule has 1 heterocycles. The van der Waals surface area contributed by atoms with Gasteiger partial charge in [0, 0.05) is 13.6 Å². The highest BCUT2D eigenvalue weighted by Gasteiger charge is 2.22. The summed E-state index contributed by atoms with van der Waals surface area (Å²) in [4.78, 5) is 28.3. The van der Waals surface area contributed by atoms with Gasteiger partial charge in [0.1, 0.15) is 11.4 Å². The van der Waals surface area contributed by atoms with Crippen molar-refractivity contribution < 1.29 is 14.7 Å². The van der Waals surface area contributed by atoms with Crippen molar-refractivity contribution >= 4 is 11.9 Å². The largest absolute Gasteiger partial charge is 0.477 e. The average molecular weight is 248 g/mol. The third-order valence-electron chi connectivity index (χ3n) is 3.29. The van der Waals surface area contributed by atoms with Gasteiger partial charge in [-0.15, -0.1) is 0 Å². The SMILES string of the molecule is CN(CC1CCC1)C(=O)c1cccc(C(=O)O)n1. The number of aromatic carboxylic acids is 1. The zero-order valence-corrected chi connectivity index (χ0v) is 10.3. The Morgan fingerprint density at radius 3 is 2.61 bits per heavy atom. The van der Waals surface area contributed by atoms with Gasteiger partial charge in [0.15, 0.2) is 0 Å². The van der Waals surface area contributed by atoms with E-state index in [9.17, 15) is 9.59 Å². The minimum absolute atomic E-state index is 0.0992. The molecule has 2 rings (SSSR count). The van der Waals surface area contributed by atoms with Crippen molar-refractivity contribution in [2.45, 2.75) is 19.3 Å². The van der Waals surface area contributed by atoms with Crippen LogP contribution in [0.5, 0.6) is 0 Å². The summed E-state index contributed by atoms with van der Waals surface area (Å²) in [6.45, 7) is 0.720. The Kier molecular flexibility index (Phi) is 3.60. The van der Waals surface area contributed by atoms with Crippen LogP contribution in [0.15, 0.2) is 18.2 Å². The Morgan fingerprint density at radius 1 is 1.39 bits per heavy atom. The first-order valence-corrected chi connectivity index (χ1v) is 6.03. The summed E-state index contributed by atoms with van der Waals surface area (Å²) < 4.78 is 0. The fraction of sp³-hybridized carbons (Fsp3) is 0.462. The smallest absolute Gasteiger partial charge is 0.354 e. The Bertz CT molecular complexity index is 469. The summed E-state index contributed by atoms with van der Waals surface area (Å²) in [5.41, 5.74) is 0.0922. The van der Waals surface area contributed by atoms with E-state index in [0.29, 0.717) is 5.92 Å². The molecule has 1 N–H and O–H groups in total. The van der Waals surface area contributed by atoms with Gasteiger partial charge in [0.05, 0.1) is 0 Å². The highest BCUT2D eigenvalue weighted by atomic mass is 16.4. The number of hydrogen-bond donors (Lipinski definition) is 1. The van der Waals surface area contributed by atoms with Crippen molar-refractivity contribution in [3.8, 4) is 0 Å². The van der Waals surface area contributed by atoms with Crippen molar-refractivity contribution in [2.24, 2.45) is 5.92 Å². The third kappa shape index (κ3) is 2.67. The number of rotatable bonds is 4. The Labute approximate surface area is 105 Å². The van der Waals surface area contributed by atoms with E-state index in [-0.39, 0.29) is 17.3 Å². The van der Waals surface area contributed by atoms with E-state index in [4.69, 9.17) is 5.11 Å². The van der Waals surface area contributed by atoms with Crippen LogP contribution in [0.2, 0.25) is 0 Å². The average Bonchev–Trinajstić information content (AvgIpc) is 2.32. The maximum atomic E-state index is 12.1. The summed E-state index contributed by atoms with van der Waals surface area (Å²) in [5, 5.41) is 8.83. The first kappa shape index (κ1) is 12.5. The Morgan fingerprint density at radius 2 is 2.06 bits per heavy atom. The molecule has 5 nitrogen and oxygen atoms in total. The van der Waals surface area contributed by atoms with E-state index in [2.05, 4.69) is 4.98 Å². The molecular formula is C13H16N2O3. The van der Waals surface area contributed by atoms with Gasteiger partial charge >= 0.3 is 5.97 Å². The van der Waals surface area contributed by atoms with E-state index in [1.165, 1.54) is 25.3 Å². The van der Waals surface area contributed by atoms with Crippen molar-refractivity contribution in [3.63, 3.8) is 0 Å². The number of nitrogens with zero attached hydrogens (tertiary/aromatic N) is 2. The lowest BCUT2D eigenvalue weighted by atomic mass is 9.85. The van der Waals surface area contributed by atoms with Crippen molar-refractivity contribution in [3.05, 3.63) is 29.6 Å². The lowest BCUT2D eigenvalue weighted by molar-refractivity contribution is 0.0689. The number of carboxylic acid groups (broad SMARTS) is 1. The number of aromatic nitrogens is 1. The van der Waals surface area contributed by atoms with Crippen LogP contribution in [0, 0.1) is 5.92 Å². The lowest BCUT2D eigenvalue weighted by Crippen LogP contribution is -2.34. The molecule has 0 saturated heterocycles. The maximum Gasteiger partial charge on any atom is 0.354 e. The molecule has 5 heteroatoms. The molecule has 1 aliphatic carbocycles. The van der Waals surface area contributed by atoms with Crippen molar-refractivity contribution in [1.29, 1.82) is 0 Å². The number of pyridine rings is 1. The fourth-order valence-corrected chi connectivity index (χ4v) is 2.01. The fourth-order valence-electron chi connectivity index (χ4n) is 2.01. The topological polar surface area (TPSA) is 70.5 Å². The highest BCUT2D eigenvalue weighted by molar-refractivity contribution is 5.94. The zero-order chi connectivity index (χ0) is 13.1. The number of carbonyl (C=O) groups is 2. The molecule has 1 saturated carbocycles. The normalized spacial score (nSPS) is 14.9. The van der Waals surface area contributed by atoms with Crippen molar-refractivity contribution in [1.82, 2.24) is 9.88 Å². The van der Waals surface area contributed by atoms with Gasteiger partial charge in [0.2, 0.25) is 0 Å². The second kappa shape index (κ2) is 5.16. The van der Waals surface area contributed by atoms with E-state index in [0.717, 1.165) is 6.54 Å². The van der Waals surface area contributed by atoms with E-state index < -0.39 is 5.97 Å². The molecule has 0 aromatic carbocycles. The minimum atomic E-state index is -1.12. The van der Waals surface area contributed by atoms with Gasteiger partial charge < -0.3 is 10.0 Å². The minimum Gasteiger partial charge on any atom is -0.477 e. The molecule has 1 aromatic rings. The molecule has 1 aliphatic rings. The third-order valence-corrected chi connectivity index (χ3v) is 3.29. The Hall–Kier alpha value is -1.91. The number of carboxylic acids is 1. The molecule has 0 radical (unpaired) electrons. The molecular weight excluding hydrogens is 232 g/mol. The molecule has 96 valence electrons. The first-order chi connectivity index (χ1) is 8.58. The number of amides is 1. The molecule has 1 amide bonds.